The molecule has 1 atom stereocenters. The van der Waals surface area contributed by atoms with Gasteiger partial charge in [0.15, 0.2) is 5.78 Å². The van der Waals surface area contributed by atoms with E-state index in [1.165, 1.54) is 0 Å². The molecule has 0 aliphatic heterocycles. The molecule has 0 N–H and O–H groups in total. The fourth-order valence-corrected chi connectivity index (χ4v) is 2.31. The molecule has 1 unspecified atom stereocenters. The molecule has 0 amide bonds. The van der Waals surface area contributed by atoms with E-state index < -0.39 is 5.92 Å². The lowest BCUT2D eigenvalue weighted by atomic mass is 9.88. The van der Waals surface area contributed by atoms with Crippen molar-refractivity contribution < 1.29 is 4.79 Å². The van der Waals surface area contributed by atoms with Crippen LogP contribution < -0.4 is 0 Å². The molecule has 0 spiro atoms. The van der Waals surface area contributed by atoms with Crippen molar-refractivity contribution in [2.75, 3.05) is 0 Å². The standard InChI is InChI=1S/C14H12N2O/c1-8-3-12-11(10(6-15)7-16)5-14(17)13(12)4-9(8)2/h3-4,10-11H,5H2,1-2H3. The zero-order valence-electron chi connectivity index (χ0n) is 9.82. The summed E-state index contributed by atoms with van der Waals surface area (Å²) in [7, 11) is 0. The Morgan fingerprint density at radius 1 is 1.24 bits per heavy atom. The predicted octanol–water partition coefficient (Wildman–Crippen LogP) is 2.64. The summed E-state index contributed by atoms with van der Waals surface area (Å²) < 4.78 is 0. The van der Waals surface area contributed by atoms with E-state index >= 15 is 0 Å². The lowest BCUT2D eigenvalue weighted by Gasteiger charge is -2.12. The highest BCUT2D eigenvalue weighted by Crippen LogP contribution is 2.39. The van der Waals surface area contributed by atoms with Crippen LogP contribution in [0.5, 0.6) is 0 Å². The Hall–Kier alpha value is -2.13. The van der Waals surface area contributed by atoms with Gasteiger partial charge in [-0.25, -0.2) is 0 Å². The number of nitriles is 2. The van der Waals surface area contributed by atoms with Gasteiger partial charge in [0.2, 0.25) is 0 Å². The van der Waals surface area contributed by atoms with Crippen molar-refractivity contribution in [1.82, 2.24) is 0 Å². The predicted molar refractivity (Wildman–Crippen MR) is 62.3 cm³/mol. The fourth-order valence-electron chi connectivity index (χ4n) is 2.31. The number of Topliss-reactive ketones (excluding diaryl/α,β-unsaturated/α-hetero) is 1. The van der Waals surface area contributed by atoms with Gasteiger partial charge in [-0.15, -0.1) is 0 Å². The number of nitrogens with zero attached hydrogens (tertiary/aromatic N) is 2. The second-order valence-electron chi connectivity index (χ2n) is 4.49. The normalized spacial score (nSPS) is 17.7. The fraction of sp³-hybridized carbons (Fsp3) is 0.357. The molecule has 1 aromatic rings. The highest BCUT2D eigenvalue weighted by Gasteiger charge is 2.35. The number of rotatable bonds is 1. The Morgan fingerprint density at radius 3 is 2.41 bits per heavy atom. The highest BCUT2D eigenvalue weighted by molar-refractivity contribution is 6.01. The molecule has 0 heterocycles. The summed E-state index contributed by atoms with van der Waals surface area (Å²) in [5.74, 6) is -0.947. The minimum absolute atomic E-state index is 0.0450. The molecular weight excluding hydrogens is 212 g/mol. The van der Waals surface area contributed by atoms with Gasteiger partial charge in [-0.2, -0.15) is 10.5 Å². The summed E-state index contributed by atoms with van der Waals surface area (Å²) >= 11 is 0. The molecule has 0 fully saturated rings. The molecule has 3 nitrogen and oxygen atoms in total. The van der Waals surface area contributed by atoms with Crippen LogP contribution in [0.4, 0.5) is 0 Å². The number of hydrogen-bond donors (Lipinski definition) is 0. The Labute approximate surface area is 100 Å². The molecule has 1 aliphatic rings. The number of aryl methyl sites for hydroxylation is 2. The van der Waals surface area contributed by atoms with E-state index in [1.54, 1.807) is 0 Å². The largest absolute Gasteiger partial charge is 0.294 e. The van der Waals surface area contributed by atoms with Gasteiger partial charge in [-0.3, -0.25) is 4.79 Å². The molecule has 17 heavy (non-hydrogen) atoms. The first-order chi connectivity index (χ1) is 8.08. The van der Waals surface area contributed by atoms with Gasteiger partial charge in [0.1, 0.15) is 5.92 Å². The number of carbonyl (C=O) groups is 1. The van der Waals surface area contributed by atoms with Crippen LogP contribution in [0.15, 0.2) is 12.1 Å². The maximum absolute atomic E-state index is 11.9. The van der Waals surface area contributed by atoms with Gasteiger partial charge in [-0.1, -0.05) is 6.07 Å². The third kappa shape index (κ3) is 1.70. The van der Waals surface area contributed by atoms with E-state index in [4.69, 9.17) is 10.5 Å². The van der Waals surface area contributed by atoms with Crippen LogP contribution >= 0.6 is 0 Å². The summed E-state index contributed by atoms with van der Waals surface area (Å²) in [4.78, 5) is 11.9. The number of carbonyl (C=O) groups excluding carboxylic acids is 1. The van der Waals surface area contributed by atoms with Crippen LogP contribution in [-0.4, -0.2) is 5.78 Å². The summed E-state index contributed by atoms with van der Waals surface area (Å²) in [6.07, 6.45) is 0.282. The van der Waals surface area contributed by atoms with Crippen LogP contribution in [0, 0.1) is 42.4 Å². The van der Waals surface area contributed by atoms with Crippen LogP contribution in [0.2, 0.25) is 0 Å². The summed E-state index contributed by atoms with van der Waals surface area (Å²) in [6, 6.07) is 7.77. The lowest BCUT2D eigenvalue weighted by Crippen LogP contribution is -2.06. The molecule has 3 heteroatoms. The first-order valence-electron chi connectivity index (χ1n) is 5.52. The first-order valence-corrected chi connectivity index (χ1v) is 5.52. The topological polar surface area (TPSA) is 64.7 Å². The molecule has 2 rings (SSSR count). The number of ketones is 1. The van der Waals surface area contributed by atoms with Gasteiger partial charge in [0.05, 0.1) is 12.1 Å². The van der Waals surface area contributed by atoms with Gasteiger partial charge in [0.25, 0.3) is 0 Å². The summed E-state index contributed by atoms with van der Waals surface area (Å²) in [6.45, 7) is 3.94. The van der Waals surface area contributed by atoms with Crippen molar-refractivity contribution >= 4 is 5.78 Å². The lowest BCUT2D eigenvalue weighted by molar-refractivity contribution is 0.0987. The van der Waals surface area contributed by atoms with Crippen molar-refractivity contribution in [3.63, 3.8) is 0 Å². The zero-order valence-corrected chi connectivity index (χ0v) is 9.82. The number of benzene rings is 1. The van der Waals surface area contributed by atoms with Crippen molar-refractivity contribution in [1.29, 1.82) is 10.5 Å². The number of hydrogen-bond acceptors (Lipinski definition) is 3. The van der Waals surface area contributed by atoms with Gasteiger partial charge in [-0.05, 0) is 36.6 Å². The van der Waals surface area contributed by atoms with Crippen LogP contribution in [0.3, 0.4) is 0 Å². The van der Waals surface area contributed by atoms with E-state index in [0.29, 0.717) is 5.56 Å². The van der Waals surface area contributed by atoms with Crippen LogP contribution in [0.1, 0.15) is 39.4 Å². The minimum Gasteiger partial charge on any atom is -0.294 e. The van der Waals surface area contributed by atoms with Gasteiger partial charge >= 0.3 is 0 Å². The quantitative estimate of drug-likeness (QED) is 0.736. The molecule has 0 bridgehead atoms. The molecule has 1 aliphatic carbocycles. The average molecular weight is 224 g/mol. The monoisotopic (exact) mass is 224 g/mol. The second kappa shape index (κ2) is 4.03. The van der Waals surface area contributed by atoms with Crippen molar-refractivity contribution in [2.45, 2.75) is 26.2 Å². The Bertz CT molecular complexity index is 561. The first kappa shape index (κ1) is 11.4. The zero-order chi connectivity index (χ0) is 12.6. The molecule has 0 saturated heterocycles. The van der Waals surface area contributed by atoms with E-state index in [-0.39, 0.29) is 18.1 Å². The smallest absolute Gasteiger partial charge is 0.163 e. The van der Waals surface area contributed by atoms with Gasteiger partial charge < -0.3 is 0 Å². The van der Waals surface area contributed by atoms with E-state index in [0.717, 1.165) is 16.7 Å². The molecular formula is C14H12N2O. The Kier molecular flexibility index (Phi) is 2.69. The molecule has 1 aromatic carbocycles. The summed E-state index contributed by atoms with van der Waals surface area (Å²) in [5, 5.41) is 17.9. The van der Waals surface area contributed by atoms with E-state index in [1.807, 2.05) is 38.1 Å². The van der Waals surface area contributed by atoms with E-state index in [9.17, 15) is 4.79 Å². The third-order valence-electron chi connectivity index (χ3n) is 3.45. The van der Waals surface area contributed by atoms with Crippen molar-refractivity contribution in [3.05, 3.63) is 34.4 Å². The van der Waals surface area contributed by atoms with Gasteiger partial charge in [0, 0.05) is 17.9 Å². The molecule has 0 radical (unpaired) electrons. The molecule has 0 saturated carbocycles. The third-order valence-corrected chi connectivity index (χ3v) is 3.45. The average Bonchev–Trinajstić information content (AvgIpc) is 2.60. The number of fused-ring (bicyclic) bond motifs is 1. The molecule has 84 valence electrons. The van der Waals surface area contributed by atoms with Crippen LogP contribution in [0.25, 0.3) is 0 Å². The second-order valence-corrected chi connectivity index (χ2v) is 4.49. The maximum atomic E-state index is 11.9. The SMILES string of the molecule is Cc1cc2c(cc1C)C(C(C#N)C#N)CC2=O. The Morgan fingerprint density at radius 2 is 1.82 bits per heavy atom. The van der Waals surface area contributed by atoms with Crippen molar-refractivity contribution in [3.8, 4) is 12.1 Å². The maximum Gasteiger partial charge on any atom is 0.163 e. The van der Waals surface area contributed by atoms with Crippen LogP contribution in [-0.2, 0) is 0 Å². The minimum atomic E-state index is -0.734. The van der Waals surface area contributed by atoms with Crippen molar-refractivity contribution in [2.24, 2.45) is 5.92 Å². The molecule has 0 aromatic heterocycles. The van der Waals surface area contributed by atoms with E-state index in [2.05, 4.69) is 0 Å². The Balaban J connectivity index is 2.56. The summed E-state index contributed by atoms with van der Waals surface area (Å²) in [5.41, 5.74) is 3.72. The highest BCUT2D eigenvalue weighted by atomic mass is 16.1.